The summed E-state index contributed by atoms with van der Waals surface area (Å²) < 4.78 is 16.7. The molecule has 4 aliphatic rings. The van der Waals surface area contributed by atoms with Gasteiger partial charge in [-0.25, -0.2) is 0 Å². The summed E-state index contributed by atoms with van der Waals surface area (Å²) >= 11 is 0. The quantitative estimate of drug-likeness (QED) is 0.725. The first-order valence-corrected chi connectivity index (χ1v) is 8.20. The van der Waals surface area contributed by atoms with Gasteiger partial charge in [0.2, 0.25) is 0 Å². The molecular weight excluding hydrogens is 320 g/mol. The topological polar surface area (TPSA) is 61.8 Å². The van der Waals surface area contributed by atoms with E-state index in [1.165, 1.54) is 13.8 Å². The third-order valence-corrected chi connectivity index (χ3v) is 4.67. The lowest BCUT2D eigenvalue weighted by Gasteiger charge is -2.49. The predicted molar refractivity (Wildman–Crippen MR) is 90.2 cm³/mol. The molecule has 5 nitrogen and oxygen atoms in total. The Morgan fingerprint density at radius 3 is 2.72 bits per heavy atom. The Labute approximate surface area is 145 Å². The number of fused-ring (bicyclic) bond motifs is 4. The van der Waals surface area contributed by atoms with Crippen molar-refractivity contribution in [3.05, 3.63) is 70.6 Å². The molecule has 25 heavy (non-hydrogen) atoms. The molecule has 2 atom stereocenters. The van der Waals surface area contributed by atoms with Gasteiger partial charge in [0.1, 0.15) is 11.9 Å². The molecular formula is C20H18O5. The van der Waals surface area contributed by atoms with E-state index in [1.54, 1.807) is 0 Å². The van der Waals surface area contributed by atoms with Crippen LogP contribution in [0.15, 0.2) is 70.6 Å². The fourth-order valence-corrected chi connectivity index (χ4v) is 3.59. The minimum Gasteiger partial charge on any atom is -0.449 e. The number of allylic oxidation sites excluding steroid dienone is 8. The van der Waals surface area contributed by atoms with Crippen molar-refractivity contribution in [2.75, 3.05) is 6.61 Å². The lowest BCUT2D eigenvalue weighted by molar-refractivity contribution is -0.220. The molecule has 0 aromatic carbocycles. The molecule has 1 heterocycles. The Kier molecular flexibility index (Phi) is 3.62. The van der Waals surface area contributed by atoms with E-state index in [2.05, 4.69) is 6.08 Å². The van der Waals surface area contributed by atoms with E-state index < -0.39 is 5.60 Å². The van der Waals surface area contributed by atoms with Crippen LogP contribution in [0.25, 0.3) is 0 Å². The highest BCUT2D eigenvalue weighted by Crippen LogP contribution is 2.45. The van der Waals surface area contributed by atoms with Crippen molar-refractivity contribution in [3.63, 3.8) is 0 Å². The van der Waals surface area contributed by atoms with Crippen LogP contribution >= 0.6 is 0 Å². The summed E-state index contributed by atoms with van der Waals surface area (Å²) in [6.07, 6.45) is 13.9. The summed E-state index contributed by atoms with van der Waals surface area (Å²) in [5.74, 6) is -0.189. The van der Waals surface area contributed by atoms with Crippen LogP contribution in [0, 0.1) is 0 Å². The first kappa shape index (κ1) is 15.8. The fraction of sp³-hybridized carbons (Fsp3) is 0.300. The second-order valence-electron chi connectivity index (χ2n) is 6.49. The number of ether oxygens (including phenoxy) is 3. The fourth-order valence-electron chi connectivity index (χ4n) is 3.59. The van der Waals surface area contributed by atoms with Crippen LogP contribution in [0.2, 0.25) is 0 Å². The largest absolute Gasteiger partial charge is 0.449 e. The lowest BCUT2D eigenvalue weighted by Crippen LogP contribution is -2.62. The Morgan fingerprint density at radius 1 is 1.20 bits per heavy atom. The maximum atomic E-state index is 11.7. The van der Waals surface area contributed by atoms with Crippen molar-refractivity contribution in [1.82, 2.24) is 0 Å². The minimum absolute atomic E-state index is 0.292. The second kappa shape index (κ2) is 5.70. The van der Waals surface area contributed by atoms with Crippen molar-refractivity contribution in [1.29, 1.82) is 0 Å². The third kappa shape index (κ3) is 2.61. The van der Waals surface area contributed by atoms with E-state index >= 15 is 0 Å². The molecule has 1 saturated heterocycles. The molecule has 0 aromatic heterocycles. The Hall–Kier alpha value is -2.66. The summed E-state index contributed by atoms with van der Waals surface area (Å²) in [4.78, 5) is 23.2. The molecule has 2 bridgehead atoms. The van der Waals surface area contributed by atoms with Gasteiger partial charge in [0.05, 0.1) is 6.61 Å². The maximum absolute atomic E-state index is 11.7. The standard InChI is InChI=1S/C20H18O5/c1-12(21)24-18-10-15-6-7-19-20(11-23-19,25-13(2)22)17(15)9-14-4-3-5-16(18)8-14/h3-7,9-10,19H,8,11H2,1-2H3. The molecule has 128 valence electrons. The minimum atomic E-state index is -0.812. The number of hydrogen-bond donors (Lipinski definition) is 0. The summed E-state index contributed by atoms with van der Waals surface area (Å²) in [6, 6.07) is 0. The van der Waals surface area contributed by atoms with Crippen LogP contribution in [0.4, 0.5) is 0 Å². The smallest absolute Gasteiger partial charge is 0.308 e. The molecule has 5 heteroatoms. The van der Waals surface area contributed by atoms with E-state index in [1.807, 2.05) is 36.5 Å². The average Bonchev–Trinajstić information content (AvgIpc) is 2.53. The number of hydrogen-bond acceptors (Lipinski definition) is 5. The second-order valence-corrected chi connectivity index (χ2v) is 6.49. The third-order valence-electron chi connectivity index (χ3n) is 4.67. The molecule has 0 saturated carbocycles. The van der Waals surface area contributed by atoms with Crippen molar-refractivity contribution in [2.24, 2.45) is 0 Å². The SMILES string of the molecule is CC(=O)OC1=CC2=C(C=C3C=CC=C1C3)C1(OC(C)=O)COC1C=C2. The van der Waals surface area contributed by atoms with Crippen molar-refractivity contribution in [2.45, 2.75) is 32.0 Å². The van der Waals surface area contributed by atoms with Gasteiger partial charge in [-0.05, 0) is 22.8 Å². The van der Waals surface area contributed by atoms with Crippen LogP contribution in [0.1, 0.15) is 20.3 Å². The Balaban J connectivity index is 1.89. The van der Waals surface area contributed by atoms with Gasteiger partial charge >= 0.3 is 11.9 Å². The van der Waals surface area contributed by atoms with Crippen LogP contribution in [-0.2, 0) is 23.8 Å². The van der Waals surface area contributed by atoms with Crippen molar-refractivity contribution >= 4 is 11.9 Å². The molecule has 2 unspecified atom stereocenters. The zero-order chi connectivity index (χ0) is 17.6. The molecule has 0 spiro atoms. The van der Waals surface area contributed by atoms with Gasteiger partial charge in [-0.2, -0.15) is 0 Å². The maximum Gasteiger partial charge on any atom is 0.308 e. The van der Waals surface area contributed by atoms with Gasteiger partial charge in [-0.3, -0.25) is 9.59 Å². The van der Waals surface area contributed by atoms with E-state index in [4.69, 9.17) is 14.2 Å². The molecule has 0 amide bonds. The van der Waals surface area contributed by atoms with Crippen LogP contribution in [0.5, 0.6) is 0 Å². The Morgan fingerprint density at radius 2 is 2.04 bits per heavy atom. The van der Waals surface area contributed by atoms with Gasteiger partial charge in [-0.15, -0.1) is 0 Å². The summed E-state index contributed by atoms with van der Waals surface area (Å²) in [6.45, 7) is 3.10. The number of esters is 2. The number of carbonyl (C=O) groups is 2. The van der Waals surface area contributed by atoms with Crippen molar-refractivity contribution < 1.29 is 23.8 Å². The normalized spacial score (nSPS) is 29.0. The highest BCUT2D eigenvalue weighted by Gasteiger charge is 2.55. The first-order chi connectivity index (χ1) is 12.0. The Bertz CT molecular complexity index is 849. The zero-order valence-electron chi connectivity index (χ0n) is 14.1. The van der Waals surface area contributed by atoms with Crippen molar-refractivity contribution in [3.8, 4) is 0 Å². The van der Waals surface area contributed by atoms with E-state index in [9.17, 15) is 9.59 Å². The van der Waals surface area contributed by atoms with E-state index in [0.29, 0.717) is 18.8 Å². The summed E-state index contributed by atoms with van der Waals surface area (Å²) in [5, 5.41) is 0. The monoisotopic (exact) mass is 338 g/mol. The molecule has 0 N–H and O–H groups in total. The van der Waals surface area contributed by atoms with Gasteiger partial charge in [-0.1, -0.05) is 36.5 Å². The van der Waals surface area contributed by atoms with Crippen LogP contribution in [0.3, 0.4) is 0 Å². The number of carbonyl (C=O) groups excluding carboxylic acids is 2. The van der Waals surface area contributed by atoms with Gasteiger partial charge in [0.25, 0.3) is 0 Å². The first-order valence-electron chi connectivity index (χ1n) is 8.20. The molecule has 4 rings (SSSR count). The lowest BCUT2D eigenvalue weighted by atomic mass is 9.75. The molecule has 0 radical (unpaired) electrons. The van der Waals surface area contributed by atoms with Gasteiger partial charge in [0, 0.05) is 25.8 Å². The van der Waals surface area contributed by atoms with Gasteiger partial charge < -0.3 is 14.2 Å². The highest BCUT2D eigenvalue weighted by molar-refractivity contribution is 5.71. The molecule has 3 aliphatic carbocycles. The van der Waals surface area contributed by atoms with Gasteiger partial charge in [0.15, 0.2) is 5.60 Å². The number of rotatable bonds is 2. The van der Waals surface area contributed by atoms with E-state index in [-0.39, 0.29) is 18.0 Å². The molecule has 1 fully saturated rings. The average molecular weight is 338 g/mol. The van der Waals surface area contributed by atoms with Crippen LogP contribution in [-0.4, -0.2) is 30.3 Å². The van der Waals surface area contributed by atoms with Crippen LogP contribution < -0.4 is 0 Å². The zero-order valence-corrected chi connectivity index (χ0v) is 14.1. The van der Waals surface area contributed by atoms with E-state index in [0.717, 1.165) is 22.3 Å². The highest BCUT2D eigenvalue weighted by atomic mass is 16.6. The summed E-state index contributed by atoms with van der Waals surface area (Å²) in [5.41, 5.74) is 2.93. The summed E-state index contributed by atoms with van der Waals surface area (Å²) in [7, 11) is 0. The molecule has 1 aliphatic heterocycles. The molecule has 0 aromatic rings. The predicted octanol–water partition coefficient (Wildman–Crippen LogP) is 2.83.